The Hall–Kier alpha value is -1.58. The van der Waals surface area contributed by atoms with E-state index in [2.05, 4.69) is 48.2 Å². The Bertz CT molecular complexity index is 402. The second kappa shape index (κ2) is 17.2. The molecule has 0 saturated carbocycles. The van der Waals surface area contributed by atoms with Crippen molar-refractivity contribution in [1.29, 1.82) is 0 Å². The minimum atomic E-state index is -0.180. The molecule has 4 heteroatoms. The summed E-state index contributed by atoms with van der Waals surface area (Å²) < 4.78 is 4.58. The molecule has 0 bridgehead atoms. The summed E-state index contributed by atoms with van der Waals surface area (Å²) >= 11 is 0. The van der Waals surface area contributed by atoms with Crippen LogP contribution < -0.4 is 5.32 Å². The molecule has 0 radical (unpaired) electrons. The maximum atomic E-state index is 11.7. The molecule has 1 amide bonds. The van der Waals surface area contributed by atoms with Crippen molar-refractivity contribution in [3.05, 3.63) is 24.3 Å². The van der Waals surface area contributed by atoms with E-state index in [9.17, 15) is 9.59 Å². The van der Waals surface area contributed by atoms with Crippen LogP contribution in [0.1, 0.15) is 78.1 Å². The number of allylic oxidation sites excluding steroid dienone is 3. The van der Waals surface area contributed by atoms with Gasteiger partial charge in [0.05, 0.1) is 7.11 Å². The molecule has 0 aliphatic heterocycles. The van der Waals surface area contributed by atoms with Crippen molar-refractivity contribution in [2.75, 3.05) is 13.7 Å². The minimum absolute atomic E-state index is 0.0894. The van der Waals surface area contributed by atoms with Gasteiger partial charge in [-0.3, -0.25) is 9.59 Å². The summed E-state index contributed by atoms with van der Waals surface area (Å²) in [6.45, 7) is 5.16. The topological polar surface area (TPSA) is 55.4 Å². The lowest BCUT2D eigenvalue weighted by Crippen LogP contribution is -2.23. The SMILES string of the molecule is CCCCCC(C)/C=C/C=C/CCNC(=O)CCCCCC(=O)OC. The summed E-state index contributed by atoms with van der Waals surface area (Å²) in [6, 6.07) is 0. The molecule has 0 fully saturated rings. The molecule has 4 nitrogen and oxygen atoms in total. The van der Waals surface area contributed by atoms with Crippen LogP contribution in [0.2, 0.25) is 0 Å². The number of amides is 1. The number of carbonyl (C=O) groups excluding carboxylic acids is 2. The quantitative estimate of drug-likeness (QED) is 0.258. The van der Waals surface area contributed by atoms with Gasteiger partial charge >= 0.3 is 5.97 Å². The number of ether oxygens (including phenoxy) is 1. The van der Waals surface area contributed by atoms with E-state index in [-0.39, 0.29) is 11.9 Å². The van der Waals surface area contributed by atoms with Gasteiger partial charge in [-0.25, -0.2) is 0 Å². The molecule has 1 unspecified atom stereocenters. The van der Waals surface area contributed by atoms with Gasteiger partial charge in [-0.1, -0.05) is 63.8 Å². The molecular weight excluding hydrogens is 314 g/mol. The molecule has 1 atom stereocenters. The first-order valence-corrected chi connectivity index (χ1v) is 9.77. The first kappa shape index (κ1) is 23.4. The van der Waals surface area contributed by atoms with Crippen LogP contribution in [-0.4, -0.2) is 25.5 Å². The Morgan fingerprint density at radius 3 is 2.52 bits per heavy atom. The van der Waals surface area contributed by atoms with Gasteiger partial charge in [0, 0.05) is 19.4 Å². The van der Waals surface area contributed by atoms with Crippen molar-refractivity contribution < 1.29 is 14.3 Å². The maximum absolute atomic E-state index is 11.7. The van der Waals surface area contributed by atoms with Crippen molar-refractivity contribution in [2.45, 2.75) is 78.1 Å². The van der Waals surface area contributed by atoms with Crippen LogP contribution in [0.5, 0.6) is 0 Å². The number of carbonyl (C=O) groups is 2. The standard InChI is InChI=1S/C21H37NO3/c1-4-5-9-14-19(2)15-10-6-7-13-18-22-20(23)16-11-8-12-17-21(24)25-3/h6-7,10,15,19H,4-5,8-9,11-14,16-18H2,1-3H3,(H,22,23)/b7-6+,15-10+. The molecule has 25 heavy (non-hydrogen) atoms. The lowest BCUT2D eigenvalue weighted by Gasteiger charge is -2.04. The fraction of sp³-hybridized carbons (Fsp3) is 0.714. The summed E-state index contributed by atoms with van der Waals surface area (Å²) in [7, 11) is 1.40. The molecule has 0 aromatic carbocycles. The zero-order valence-electron chi connectivity index (χ0n) is 16.4. The van der Waals surface area contributed by atoms with E-state index in [1.54, 1.807) is 0 Å². The van der Waals surface area contributed by atoms with Gasteiger partial charge in [0.15, 0.2) is 0 Å². The van der Waals surface area contributed by atoms with Crippen molar-refractivity contribution >= 4 is 11.9 Å². The third-order valence-corrected chi connectivity index (χ3v) is 4.10. The first-order valence-electron chi connectivity index (χ1n) is 9.77. The summed E-state index contributed by atoms with van der Waals surface area (Å²) in [4.78, 5) is 22.6. The summed E-state index contributed by atoms with van der Waals surface area (Å²) in [5.41, 5.74) is 0. The number of hydrogen-bond donors (Lipinski definition) is 1. The number of nitrogens with one attached hydrogen (secondary N) is 1. The van der Waals surface area contributed by atoms with Gasteiger partial charge in [-0.05, 0) is 31.6 Å². The lowest BCUT2D eigenvalue weighted by atomic mass is 10.0. The highest BCUT2D eigenvalue weighted by atomic mass is 16.5. The molecule has 144 valence electrons. The molecule has 0 aromatic heterocycles. The van der Waals surface area contributed by atoms with E-state index in [1.165, 1.54) is 32.8 Å². The third kappa shape index (κ3) is 17.0. The summed E-state index contributed by atoms with van der Waals surface area (Å²) in [5, 5.41) is 2.92. The zero-order valence-corrected chi connectivity index (χ0v) is 16.4. The number of methoxy groups -OCH3 is 1. The fourth-order valence-corrected chi connectivity index (χ4v) is 2.46. The van der Waals surface area contributed by atoms with Crippen LogP contribution >= 0.6 is 0 Å². The van der Waals surface area contributed by atoms with Crippen LogP contribution in [0.15, 0.2) is 24.3 Å². The minimum Gasteiger partial charge on any atom is -0.469 e. The number of esters is 1. The average molecular weight is 352 g/mol. The van der Waals surface area contributed by atoms with Gasteiger partial charge in [-0.15, -0.1) is 0 Å². The maximum Gasteiger partial charge on any atom is 0.305 e. The largest absolute Gasteiger partial charge is 0.469 e. The van der Waals surface area contributed by atoms with Crippen molar-refractivity contribution in [3.63, 3.8) is 0 Å². The zero-order chi connectivity index (χ0) is 18.8. The van der Waals surface area contributed by atoms with E-state index in [0.29, 0.717) is 25.3 Å². The van der Waals surface area contributed by atoms with Crippen LogP contribution in [0.25, 0.3) is 0 Å². The normalized spacial score (nSPS) is 12.6. The van der Waals surface area contributed by atoms with Crippen molar-refractivity contribution in [3.8, 4) is 0 Å². The third-order valence-electron chi connectivity index (χ3n) is 4.10. The molecule has 0 aliphatic rings. The Morgan fingerprint density at radius 2 is 1.80 bits per heavy atom. The van der Waals surface area contributed by atoms with E-state index in [4.69, 9.17) is 0 Å². The van der Waals surface area contributed by atoms with Crippen LogP contribution in [0, 0.1) is 5.92 Å². The highest BCUT2D eigenvalue weighted by Gasteiger charge is 2.02. The number of hydrogen-bond acceptors (Lipinski definition) is 3. The Kier molecular flexibility index (Phi) is 16.2. The lowest BCUT2D eigenvalue weighted by molar-refractivity contribution is -0.140. The molecule has 1 N–H and O–H groups in total. The van der Waals surface area contributed by atoms with Crippen LogP contribution in [0.4, 0.5) is 0 Å². The highest BCUT2D eigenvalue weighted by molar-refractivity contribution is 5.75. The van der Waals surface area contributed by atoms with Gasteiger partial charge < -0.3 is 10.1 Å². The first-order chi connectivity index (χ1) is 12.1. The van der Waals surface area contributed by atoms with E-state index >= 15 is 0 Å². The molecule has 0 rings (SSSR count). The number of rotatable bonds is 15. The van der Waals surface area contributed by atoms with Crippen molar-refractivity contribution in [1.82, 2.24) is 5.32 Å². The average Bonchev–Trinajstić information content (AvgIpc) is 2.60. The Balaban J connectivity index is 3.53. The van der Waals surface area contributed by atoms with E-state index in [1.807, 2.05) is 0 Å². The predicted molar refractivity (Wildman–Crippen MR) is 104 cm³/mol. The molecule has 0 spiro atoms. The smallest absolute Gasteiger partial charge is 0.305 e. The fourth-order valence-electron chi connectivity index (χ4n) is 2.46. The monoisotopic (exact) mass is 351 g/mol. The van der Waals surface area contributed by atoms with Gasteiger partial charge in [0.25, 0.3) is 0 Å². The second-order valence-electron chi connectivity index (χ2n) is 6.56. The van der Waals surface area contributed by atoms with E-state index in [0.717, 1.165) is 25.7 Å². The summed E-state index contributed by atoms with van der Waals surface area (Å²) in [6.07, 6.45) is 18.0. The predicted octanol–water partition coefficient (Wildman–Crippen LogP) is 4.95. The molecule has 0 saturated heterocycles. The molecule has 0 aliphatic carbocycles. The summed E-state index contributed by atoms with van der Waals surface area (Å²) in [5.74, 6) is 0.544. The van der Waals surface area contributed by atoms with Gasteiger partial charge in [0.2, 0.25) is 5.91 Å². The second-order valence-corrected chi connectivity index (χ2v) is 6.56. The van der Waals surface area contributed by atoms with Crippen LogP contribution in [-0.2, 0) is 14.3 Å². The van der Waals surface area contributed by atoms with Crippen molar-refractivity contribution in [2.24, 2.45) is 5.92 Å². The Morgan fingerprint density at radius 1 is 1.04 bits per heavy atom. The van der Waals surface area contributed by atoms with Gasteiger partial charge in [-0.2, -0.15) is 0 Å². The number of unbranched alkanes of at least 4 members (excludes halogenated alkanes) is 4. The van der Waals surface area contributed by atoms with Crippen LogP contribution in [0.3, 0.4) is 0 Å². The molecule has 0 aromatic rings. The highest BCUT2D eigenvalue weighted by Crippen LogP contribution is 2.10. The van der Waals surface area contributed by atoms with E-state index < -0.39 is 0 Å². The Labute approximate surface area is 154 Å². The van der Waals surface area contributed by atoms with Gasteiger partial charge in [0.1, 0.15) is 0 Å². The molecule has 0 heterocycles. The molecular formula is C21H37NO3.